The van der Waals surface area contributed by atoms with Crippen LogP contribution < -0.4 is 11.1 Å². The number of hydrogen-bond acceptors (Lipinski definition) is 3. The van der Waals surface area contributed by atoms with Gasteiger partial charge in [-0.3, -0.25) is 4.79 Å². The molecule has 18 heavy (non-hydrogen) atoms. The van der Waals surface area contributed by atoms with Crippen LogP contribution in [-0.2, 0) is 4.79 Å². The van der Waals surface area contributed by atoms with E-state index in [1.54, 1.807) is 19.9 Å². The topological polar surface area (TPSA) is 87.7 Å². The summed E-state index contributed by atoms with van der Waals surface area (Å²) in [4.78, 5) is 11.8. The van der Waals surface area contributed by atoms with E-state index in [2.05, 4.69) is 10.5 Å². The van der Waals surface area contributed by atoms with E-state index in [1.807, 2.05) is 0 Å². The lowest BCUT2D eigenvalue weighted by Gasteiger charge is -2.14. The van der Waals surface area contributed by atoms with Crippen LogP contribution in [0.2, 0.25) is 0 Å². The molecule has 5 nitrogen and oxygen atoms in total. The van der Waals surface area contributed by atoms with E-state index in [9.17, 15) is 9.18 Å². The zero-order valence-corrected chi connectivity index (χ0v) is 10.3. The Balaban J connectivity index is 2.86. The highest BCUT2D eigenvalue weighted by Gasteiger charge is 2.22. The SMILES string of the molecule is CCC(C(=O)Nc1ccc(C)cc1F)C(N)=NO. The first kappa shape index (κ1) is 14.0. The normalized spacial score (nSPS) is 13.2. The predicted molar refractivity (Wildman–Crippen MR) is 67.0 cm³/mol. The highest BCUT2D eigenvalue weighted by atomic mass is 19.1. The summed E-state index contributed by atoms with van der Waals surface area (Å²) >= 11 is 0. The number of carbonyl (C=O) groups is 1. The third-order valence-electron chi connectivity index (χ3n) is 2.58. The fraction of sp³-hybridized carbons (Fsp3) is 0.333. The number of benzene rings is 1. The lowest BCUT2D eigenvalue weighted by atomic mass is 10.0. The molecule has 4 N–H and O–H groups in total. The van der Waals surface area contributed by atoms with Gasteiger partial charge < -0.3 is 16.3 Å². The van der Waals surface area contributed by atoms with Gasteiger partial charge in [0.1, 0.15) is 5.82 Å². The quantitative estimate of drug-likeness (QED) is 0.331. The number of nitrogens with two attached hydrogens (primary N) is 1. The first-order chi connectivity index (χ1) is 8.49. The number of nitrogens with one attached hydrogen (secondary N) is 1. The first-order valence-electron chi connectivity index (χ1n) is 5.54. The molecule has 1 aromatic carbocycles. The van der Waals surface area contributed by atoms with E-state index in [0.717, 1.165) is 5.56 Å². The van der Waals surface area contributed by atoms with Gasteiger partial charge >= 0.3 is 0 Å². The molecule has 6 heteroatoms. The number of rotatable bonds is 4. The number of nitrogens with zero attached hydrogens (tertiary/aromatic N) is 1. The molecule has 1 amide bonds. The van der Waals surface area contributed by atoms with Crippen LogP contribution >= 0.6 is 0 Å². The molecule has 98 valence electrons. The van der Waals surface area contributed by atoms with E-state index in [0.29, 0.717) is 6.42 Å². The maximum atomic E-state index is 13.5. The molecule has 0 aliphatic rings. The number of hydrogen-bond donors (Lipinski definition) is 3. The summed E-state index contributed by atoms with van der Waals surface area (Å²) in [5, 5.41) is 13.8. The largest absolute Gasteiger partial charge is 0.409 e. The van der Waals surface area contributed by atoms with Crippen LogP contribution in [0.25, 0.3) is 0 Å². The van der Waals surface area contributed by atoms with Gasteiger partial charge in [-0.1, -0.05) is 18.1 Å². The van der Waals surface area contributed by atoms with Crippen LogP contribution in [0.4, 0.5) is 10.1 Å². The van der Waals surface area contributed by atoms with Gasteiger partial charge in [-0.05, 0) is 31.0 Å². The number of halogens is 1. The second-order valence-electron chi connectivity index (χ2n) is 3.96. The monoisotopic (exact) mass is 253 g/mol. The lowest BCUT2D eigenvalue weighted by Crippen LogP contribution is -2.34. The Bertz CT molecular complexity index is 474. The van der Waals surface area contributed by atoms with Gasteiger partial charge in [-0.15, -0.1) is 0 Å². The van der Waals surface area contributed by atoms with Crippen molar-refractivity contribution in [1.29, 1.82) is 0 Å². The van der Waals surface area contributed by atoms with Crippen molar-refractivity contribution >= 4 is 17.4 Å². The van der Waals surface area contributed by atoms with Gasteiger partial charge in [-0.25, -0.2) is 4.39 Å². The molecule has 0 heterocycles. The summed E-state index contributed by atoms with van der Waals surface area (Å²) in [6, 6.07) is 4.48. The fourth-order valence-electron chi connectivity index (χ4n) is 1.54. The molecule has 0 radical (unpaired) electrons. The molecule has 0 aromatic heterocycles. The maximum Gasteiger partial charge on any atom is 0.235 e. The van der Waals surface area contributed by atoms with Crippen LogP contribution in [0.3, 0.4) is 0 Å². The maximum absolute atomic E-state index is 13.5. The highest BCUT2D eigenvalue weighted by molar-refractivity contribution is 6.07. The Morgan fingerprint density at radius 2 is 2.28 bits per heavy atom. The van der Waals surface area contributed by atoms with Gasteiger partial charge in [-0.2, -0.15) is 0 Å². The zero-order valence-electron chi connectivity index (χ0n) is 10.3. The second kappa shape index (κ2) is 6.00. The summed E-state index contributed by atoms with van der Waals surface area (Å²) in [5.41, 5.74) is 6.23. The number of anilines is 1. The van der Waals surface area contributed by atoms with E-state index in [-0.39, 0.29) is 11.5 Å². The molecule has 0 aliphatic carbocycles. The molecule has 0 aliphatic heterocycles. The van der Waals surface area contributed by atoms with Crippen molar-refractivity contribution in [1.82, 2.24) is 0 Å². The van der Waals surface area contributed by atoms with Gasteiger partial charge in [0, 0.05) is 0 Å². The Morgan fingerprint density at radius 1 is 1.61 bits per heavy atom. The minimum atomic E-state index is -0.782. The van der Waals surface area contributed by atoms with Crippen molar-refractivity contribution in [3.05, 3.63) is 29.6 Å². The highest BCUT2D eigenvalue weighted by Crippen LogP contribution is 2.17. The summed E-state index contributed by atoms with van der Waals surface area (Å²) in [5.74, 6) is -1.99. The molecule has 1 unspecified atom stereocenters. The van der Waals surface area contributed by atoms with Crippen molar-refractivity contribution < 1.29 is 14.4 Å². The number of amides is 1. The Kier molecular flexibility index (Phi) is 4.65. The fourth-order valence-corrected chi connectivity index (χ4v) is 1.54. The molecular formula is C12H16FN3O2. The van der Waals surface area contributed by atoms with Crippen LogP contribution in [0.15, 0.2) is 23.4 Å². The van der Waals surface area contributed by atoms with Gasteiger partial charge in [0.25, 0.3) is 0 Å². The van der Waals surface area contributed by atoms with Crippen LogP contribution in [0, 0.1) is 18.7 Å². The minimum Gasteiger partial charge on any atom is -0.409 e. The smallest absolute Gasteiger partial charge is 0.235 e. The van der Waals surface area contributed by atoms with Crippen molar-refractivity contribution in [3.8, 4) is 0 Å². The molecule has 0 saturated carbocycles. The Morgan fingerprint density at radius 3 is 2.78 bits per heavy atom. The van der Waals surface area contributed by atoms with Crippen molar-refractivity contribution in [2.24, 2.45) is 16.8 Å². The van der Waals surface area contributed by atoms with E-state index < -0.39 is 17.6 Å². The summed E-state index contributed by atoms with van der Waals surface area (Å²) in [6.45, 7) is 3.47. The van der Waals surface area contributed by atoms with Crippen LogP contribution in [0.1, 0.15) is 18.9 Å². The molecule has 1 atom stereocenters. The average molecular weight is 253 g/mol. The number of oxime groups is 1. The third kappa shape index (κ3) is 3.19. The number of amidine groups is 1. The molecule has 0 fully saturated rings. The van der Waals surface area contributed by atoms with E-state index in [1.165, 1.54) is 12.1 Å². The van der Waals surface area contributed by atoms with Gasteiger partial charge in [0.15, 0.2) is 5.84 Å². The van der Waals surface area contributed by atoms with Crippen molar-refractivity contribution in [3.63, 3.8) is 0 Å². The molecule has 1 rings (SSSR count). The van der Waals surface area contributed by atoms with Crippen LogP contribution in [-0.4, -0.2) is 17.0 Å². The van der Waals surface area contributed by atoms with Gasteiger partial charge in [0.05, 0.1) is 11.6 Å². The molecular weight excluding hydrogens is 237 g/mol. The third-order valence-corrected chi connectivity index (χ3v) is 2.58. The number of aryl methyl sites for hydroxylation is 1. The summed E-state index contributed by atoms with van der Waals surface area (Å²) < 4.78 is 13.5. The predicted octanol–water partition coefficient (Wildman–Crippen LogP) is 1.85. The first-order valence-corrected chi connectivity index (χ1v) is 5.54. The zero-order chi connectivity index (χ0) is 13.7. The van der Waals surface area contributed by atoms with E-state index in [4.69, 9.17) is 10.9 Å². The Hall–Kier alpha value is -2.11. The molecule has 0 saturated heterocycles. The molecule has 1 aromatic rings. The summed E-state index contributed by atoms with van der Waals surface area (Å²) in [6.07, 6.45) is 0.356. The van der Waals surface area contributed by atoms with Crippen LogP contribution in [0.5, 0.6) is 0 Å². The van der Waals surface area contributed by atoms with Crippen molar-refractivity contribution in [2.45, 2.75) is 20.3 Å². The lowest BCUT2D eigenvalue weighted by molar-refractivity contribution is -0.118. The summed E-state index contributed by atoms with van der Waals surface area (Å²) in [7, 11) is 0. The minimum absolute atomic E-state index is 0.0785. The molecule has 0 spiro atoms. The van der Waals surface area contributed by atoms with Crippen molar-refractivity contribution in [2.75, 3.05) is 5.32 Å². The van der Waals surface area contributed by atoms with E-state index >= 15 is 0 Å². The molecule has 0 bridgehead atoms. The number of carbonyl (C=O) groups excluding carboxylic acids is 1. The van der Waals surface area contributed by atoms with Gasteiger partial charge in [0.2, 0.25) is 5.91 Å². The Labute approximate surface area is 104 Å². The second-order valence-corrected chi connectivity index (χ2v) is 3.96. The average Bonchev–Trinajstić information content (AvgIpc) is 2.33. The standard InChI is InChI=1S/C12H16FN3O2/c1-3-8(11(14)16-18)12(17)15-10-5-4-7(2)6-9(10)13/h4-6,8,18H,3H2,1-2H3,(H2,14,16)(H,15,17).